The highest BCUT2D eigenvalue weighted by atomic mass is 16.5. The Kier molecular flexibility index (Phi) is 2.67. The van der Waals surface area contributed by atoms with E-state index in [-0.39, 0.29) is 12.2 Å². The number of ether oxygens (including phenoxy) is 1. The van der Waals surface area contributed by atoms with Crippen molar-refractivity contribution >= 4 is 11.6 Å². The predicted molar refractivity (Wildman–Crippen MR) is 75.7 cm³/mol. The van der Waals surface area contributed by atoms with E-state index in [0.29, 0.717) is 11.8 Å². The van der Waals surface area contributed by atoms with Crippen LogP contribution in [0.2, 0.25) is 0 Å². The Morgan fingerprint density at radius 2 is 2.10 bits per heavy atom. The third-order valence-corrected chi connectivity index (χ3v) is 4.17. The Labute approximate surface area is 121 Å². The van der Waals surface area contributed by atoms with E-state index in [9.17, 15) is 9.59 Å². The van der Waals surface area contributed by atoms with Crippen LogP contribution in [0.5, 0.6) is 0 Å². The first kappa shape index (κ1) is 12.6. The van der Waals surface area contributed by atoms with Gasteiger partial charge in [-0.25, -0.2) is 4.79 Å². The van der Waals surface area contributed by atoms with Crippen molar-refractivity contribution in [3.63, 3.8) is 0 Å². The molecule has 0 aliphatic heterocycles. The van der Waals surface area contributed by atoms with Crippen molar-refractivity contribution in [3.8, 4) is 0 Å². The summed E-state index contributed by atoms with van der Waals surface area (Å²) in [5, 5.41) is 4.50. The minimum absolute atomic E-state index is 0.0107. The number of fused-ring (bicyclic) bond motifs is 1. The van der Waals surface area contributed by atoms with Crippen molar-refractivity contribution in [2.45, 2.75) is 44.4 Å². The molecule has 21 heavy (non-hydrogen) atoms. The Morgan fingerprint density at radius 1 is 1.38 bits per heavy atom. The van der Waals surface area contributed by atoms with E-state index in [2.05, 4.69) is 10.1 Å². The van der Waals surface area contributed by atoms with Gasteiger partial charge in [0.2, 0.25) is 0 Å². The lowest BCUT2D eigenvalue weighted by Crippen LogP contribution is -2.24. The number of hydrogen-bond donors (Lipinski definition) is 1. The normalized spacial score (nSPS) is 18.1. The smallest absolute Gasteiger partial charge is 0.345 e. The molecule has 0 bridgehead atoms. The van der Waals surface area contributed by atoms with Gasteiger partial charge >= 0.3 is 5.97 Å². The molecule has 6 nitrogen and oxygen atoms in total. The summed E-state index contributed by atoms with van der Waals surface area (Å²) in [4.78, 5) is 27.4. The average molecular weight is 287 g/mol. The number of aromatic nitrogens is 3. The molecule has 2 saturated carbocycles. The highest BCUT2D eigenvalue weighted by Gasteiger charge is 2.37. The largest absolute Gasteiger partial charge is 0.462 e. The van der Waals surface area contributed by atoms with Crippen molar-refractivity contribution in [2.75, 3.05) is 6.61 Å². The number of hydrogen-bond acceptors (Lipinski definition) is 4. The van der Waals surface area contributed by atoms with Crippen molar-refractivity contribution in [1.82, 2.24) is 14.6 Å². The molecule has 0 radical (unpaired) electrons. The van der Waals surface area contributed by atoms with Crippen LogP contribution >= 0.6 is 0 Å². The summed E-state index contributed by atoms with van der Waals surface area (Å²) < 4.78 is 6.27. The van der Waals surface area contributed by atoms with Crippen molar-refractivity contribution in [2.24, 2.45) is 0 Å². The second kappa shape index (κ2) is 4.44. The predicted octanol–water partition coefficient (Wildman–Crippen LogP) is 1.95. The molecular formula is C15H17N3O3. The number of nitrogens with one attached hydrogen (secondary N) is 1. The van der Waals surface area contributed by atoms with E-state index in [0.717, 1.165) is 37.0 Å². The Balaban J connectivity index is 1.90. The monoisotopic (exact) mass is 287 g/mol. The lowest BCUT2D eigenvalue weighted by Gasteiger charge is -2.02. The molecule has 1 N–H and O–H groups in total. The van der Waals surface area contributed by atoms with Crippen LogP contribution in [0.1, 0.15) is 66.1 Å². The summed E-state index contributed by atoms with van der Waals surface area (Å²) in [7, 11) is 0. The number of esters is 1. The fraction of sp³-hybridized carbons (Fsp3) is 0.533. The summed E-state index contributed by atoms with van der Waals surface area (Å²) in [5.74, 6) is 0.402. The number of nitrogens with zero attached hydrogens (tertiary/aromatic N) is 2. The topological polar surface area (TPSA) is 76.5 Å². The minimum Gasteiger partial charge on any atom is -0.462 e. The molecular weight excluding hydrogens is 270 g/mol. The standard InChI is InChI=1S/C15H17N3O3/c1-2-21-15(20)10-7-16-13-11(8-3-4-8)12(9-5-6-9)17-18(13)14(10)19/h7-9,16H,2-6H2,1H3. The molecule has 2 aromatic heterocycles. The Bertz CT molecular complexity index is 781. The summed E-state index contributed by atoms with van der Waals surface area (Å²) in [6.45, 7) is 1.96. The maximum absolute atomic E-state index is 12.5. The van der Waals surface area contributed by atoms with Gasteiger partial charge in [0.05, 0.1) is 12.3 Å². The minimum atomic E-state index is -0.600. The van der Waals surface area contributed by atoms with Gasteiger partial charge in [-0.15, -0.1) is 0 Å². The lowest BCUT2D eigenvalue weighted by molar-refractivity contribution is 0.0523. The molecule has 110 valence electrons. The van der Waals surface area contributed by atoms with E-state index in [1.54, 1.807) is 6.92 Å². The maximum atomic E-state index is 12.5. The van der Waals surface area contributed by atoms with Crippen molar-refractivity contribution in [1.29, 1.82) is 0 Å². The third kappa shape index (κ3) is 1.97. The molecule has 0 atom stereocenters. The van der Waals surface area contributed by atoms with Gasteiger partial charge in [-0.1, -0.05) is 0 Å². The number of aromatic amines is 1. The van der Waals surface area contributed by atoms with Crippen molar-refractivity contribution in [3.05, 3.63) is 33.4 Å². The first-order valence-corrected chi connectivity index (χ1v) is 7.52. The SMILES string of the molecule is CCOC(=O)c1c[nH]c2c(C3CC3)c(C3CC3)nn2c1=O. The molecule has 0 aromatic carbocycles. The summed E-state index contributed by atoms with van der Waals surface area (Å²) in [6, 6.07) is 0. The van der Waals surface area contributed by atoms with Crippen LogP contribution < -0.4 is 5.56 Å². The lowest BCUT2D eigenvalue weighted by atomic mass is 10.1. The third-order valence-electron chi connectivity index (χ3n) is 4.17. The molecule has 2 aliphatic carbocycles. The quantitative estimate of drug-likeness (QED) is 0.872. The molecule has 0 amide bonds. The molecule has 2 aromatic rings. The van der Waals surface area contributed by atoms with Gasteiger partial charge in [0.15, 0.2) is 0 Å². The number of carbonyl (C=O) groups is 1. The molecule has 6 heteroatoms. The van der Waals surface area contributed by atoms with Crippen LogP contribution in [0, 0.1) is 0 Å². The Hall–Kier alpha value is -2.11. The number of rotatable bonds is 4. The molecule has 4 rings (SSSR count). The fourth-order valence-electron chi connectivity index (χ4n) is 2.84. The van der Waals surface area contributed by atoms with Gasteiger partial charge in [-0.3, -0.25) is 4.79 Å². The van der Waals surface area contributed by atoms with E-state index in [1.807, 2.05) is 0 Å². The summed E-state index contributed by atoms with van der Waals surface area (Å²) in [5.41, 5.74) is 2.60. The summed E-state index contributed by atoms with van der Waals surface area (Å²) in [6.07, 6.45) is 6.05. The van der Waals surface area contributed by atoms with E-state index < -0.39 is 11.5 Å². The van der Waals surface area contributed by atoms with E-state index in [4.69, 9.17) is 4.74 Å². The van der Waals surface area contributed by atoms with Gasteiger partial charge in [0, 0.05) is 17.7 Å². The van der Waals surface area contributed by atoms with Crippen LogP contribution in [-0.2, 0) is 4.74 Å². The summed E-state index contributed by atoms with van der Waals surface area (Å²) >= 11 is 0. The number of carbonyl (C=O) groups excluding carboxylic acids is 1. The molecule has 2 heterocycles. The maximum Gasteiger partial charge on any atom is 0.345 e. The van der Waals surface area contributed by atoms with Gasteiger partial charge in [-0.05, 0) is 38.5 Å². The zero-order valence-corrected chi connectivity index (χ0v) is 11.9. The molecule has 0 saturated heterocycles. The average Bonchev–Trinajstić information content (AvgIpc) is 3.37. The molecule has 2 fully saturated rings. The van der Waals surface area contributed by atoms with Crippen LogP contribution in [0.4, 0.5) is 0 Å². The van der Waals surface area contributed by atoms with Gasteiger partial charge in [0.25, 0.3) is 5.56 Å². The number of H-pyrrole nitrogens is 1. The first-order chi connectivity index (χ1) is 10.2. The highest BCUT2D eigenvalue weighted by Crippen LogP contribution is 2.49. The highest BCUT2D eigenvalue weighted by molar-refractivity contribution is 5.88. The van der Waals surface area contributed by atoms with Crippen LogP contribution in [0.3, 0.4) is 0 Å². The van der Waals surface area contributed by atoms with Crippen LogP contribution in [0.25, 0.3) is 5.65 Å². The first-order valence-electron chi connectivity index (χ1n) is 7.52. The van der Waals surface area contributed by atoms with Crippen molar-refractivity contribution < 1.29 is 9.53 Å². The van der Waals surface area contributed by atoms with Gasteiger partial charge in [-0.2, -0.15) is 9.61 Å². The zero-order chi connectivity index (χ0) is 14.6. The Morgan fingerprint density at radius 3 is 2.71 bits per heavy atom. The fourth-order valence-corrected chi connectivity index (χ4v) is 2.84. The zero-order valence-electron chi connectivity index (χ0n) is 11.9. The second-order valence-corrected chi connectivity index (χ2v) is 5.84. The van der Waals surface area contributed by atoms with Gasteiger partial charge < -0.3 is 9.72 Å². The molecule has 0 spiro atoms. The van der Waals surface area contributed by atoms with Crippen LogP contribution in [-0.4, -0.2) is 27.2 Å². The molecule has 2 aliphatic rings. The second-order valence-electron chi connectivity index (χ2n) is 5.84. The van der Waals surface area contributed by atoms with E-state index >= 15 is 0 Å². The van der Waals surface area contributed by atoms with E-state index in [1.165, 1.54) is 16.3 Å². The molecule has 0 unspecified atom stereocenters. The van der Waals surface area contributed by atoms with Gasteiger partial charge in [0.1, 0.15) is 11.2 Å². The van der Waals surface area contributed by atoms with Crippen LogP contribution in [0.15, 0.2) is 11.0 Å².